The van der Waals surface area contributed by atoms with E-state index in [0.29, 0.717) is 32.6 Å². The first kappa shape index (κ1) is 19.7. The van der Waals surface area contributed by atoms with E-state index < -0.39 is 6.03 Å². The molecule has 7 nitrogen and oxygen atoms in total. The van der Waals surface area contributed by atoms with Crippen molar-refractivity contribution in [2.75, 3.05) is 33.2 Å². The van der Waals surface area contributed by atoms with Crippen molar-refractivity contribution in [2.45, 2.75) is 57.9 Å². The van der Waals surface area contributed by atoms with E-state index in [1.54, 1.807) is 6.92 Å². The third-order valence-corrected chi connectivity index (χ3v) is 5.55. The molecule has 0 spiro atoms. The highest BCUT2D eigenvalue weighted by Gasteiger charge is 2.28. The van der Waals surface area contributed by atoms with Crippen LogP contribution in [0.1, 0.15) is 51.9 Å². The molecule has 1 saturated carbocycles. The van der Waals surface area contributed by atoms with E-state index in [0.717, 1.165) is 12.3 Å². The minimum absolute atomic E-state index is 0.243. The van der Waals surface area contributed by atoms with Gasteiger partial charge in [0.1, 0.15) is 0 Å². The van der Waals surface area contributed by atoms with E-state index in [4.69, 9.17) is 0 Å². The van der Waals surface area contributed by atoms with Gasteiger partial charge in [-0.25, -0.2) is 4.79 Å². The van der Waals surface area contributed by atoms with E-state index in [9.17, 15) is 14.4 Å². The lowest BCUT2D eigenvalue weighted by atomic mass is 9.86. The zero-order chi connectivity index (χ0) is 18.2. The lowest BCUT2D eigenvalue weighted by Gasteiger charge is -2.37. The second kappa shape index (κ2) is 9.75. The molecular weight excluding hydrogens is 320 g/mol. The van der Waals surface area contributed by atoms with E-state index in [-0.39, 0.29) is 17.9 Å². The fourth-order valence-electron chi connectivity index (χ4n) is 3.76. The fraction of sp³-hybridized carbons (Fsp3) is 0.833. The third-order valence-electron chi connectivity index (χ3n) is 5.55. The Morgan fingerprint density at radius 2 is 1.68 bits per heavy atom. The second-order valence-corrected chi connectivity index (χ2v) is 7.20. The van der Waals surface area contributed by atoms with Crippen molar-refractivity contribution in [3.8, 4) is 0 Å². The van der Waals surface area contributed by atoms with Crippen LogP contribution in [-0.2, 0) is 9.59 Å². The number of urea groups is 1. The van der Waals surface area contributed by atoms with E-state index in [1.807, 2.05) is 9.80 Å². The first-order valence-corrected chi connectivity index (χ1v) is 9.55. The first-order valence-electron chi connectivity index (χ1n) is 9.55. The highest BCUT2D eigenvalue weighted by Crippen LogP contribution is 2.27. The molecule has 4 amide bonds. The van der Waals surface area contributed by atoms with Crippen LogP contribution in [0.5, 0.6) is 0 Å². The van der Waals surface area contributed by atoms with Gasteiger partial charge in [0.15, 0.2) is 0 Å². The van der Waals surface area contributed by atoms with Crippen molar-refractivity contribution < 1.29 is 14.4 Å². The van der Waals surface area contributed by atoms with Crippen LogP contribution in [0.3, 0.4) is 0 Å². The Morgan fingerprint density at radius 1 is 1.04 bits per heavy atom. The van der Waals surface area contributed by atoms with Crippen molar-refractivity contribution in [2.24, 2.45) is 5.92 Å². The van der Waals surface area contributed by atoms with Crippen LogP contribution in [0.15, 0.2) is 0 Å². The van der Waals surface area contributed by atoms with Gasteiger partial charge in [0.2, 0.25) is 11.8 Å². The molecule has 2 N–H and O–H groups in total. The Hall–Kier alpha value is -1.63. The summed E-state index contributed by atoms with van der Waals surface area (Å²) >= 11 is 0. The molecule has 0 unspecified atom stereocenters. The average molecular weight is 352 g/mol. The quantitative estimate of drug-likeness (QED) is 0.782. The maximum atomic E-state index is 12.4. The van der Waals surface area contributed by atoms with E-state index in [2.05, 4.69) is 10.6 Å². The minimum atomic E-state index is -0.492. The van der Waals surface area contributed by atoms with Gasteiger partial charge in [-0.15, -0.1) is 0 Å². The number of hydrogen-bond donors (Lipinski definition) is 2. The summed E-state index contributed by atoms with van der Waals surface area (Å²) in [4.78, 5) is 39.6. The molecule has 1 heterocycles. The molecule has 1 saturated heterocycles. The largest absolute Gasteiger partial charge is 0.341 e. The highest BCUT2D eigenvalue weighted by molar-refractivity contribution is 5.96. The van der Waals surface area contributed by atoms with Gasteiger partial charge < -0.3 is 10.2 Å². The van der Waals surface area contributed by atoms with Crippen molar-refractivity contribution in [3.63, 3.8) is 0 Å². The SMILES string of the molecule is CNC(=O)NC(=O)[C@@H](C)N1CCN(C(=O)CCC2CCCCC2)CC1. The van der Waals surface area contributed by atoms with E-state index in [1.165, 1.54) is 39.2 Å². The number of rotatable bonds is 5. The predicted octanol–water partition coefficient (Wildman–Crippen LogP) is 1.34. The van der Waals surface area contributed by atoms with Gasteiger partial charge in [-0.3, -0.25) is 19.8 Å². The number of piperazine rings is 1. The molecule has 0 aromatic heterocycles. The molecular formula is C18H32N4O3. The van der Waals surface area contributed by atoms with Gasteiger partial charge in [-0.2, -0.15) is 0 Å². The molecule has 0 aromatic carbocycles. The molecule has 1 aliphatic heterocycles. The molecule has 1 atom stereocenters. The zero-order valence-electron chi connectivity index (χ0n) is 15.6. The number of nitrogens with one attached hydrogen (secondary N) is 2. The van der Waals surface area contributed by atoms with E-state index >= 15 is 0 Å². The maximum absolute atomic E-state index is 12.4. The number of carbonyl (C=O) groups excluding carboxylic acids is 3. The van der Waals surface area contributed by atoms with Gasteiger partial charge in [0, 0.05) is 39.6 Å². The molecule has 0 aromatic rings. The van der Waals surface area contributed by atoms with Gasteiger partial charge in [0.05, 0.1) is 6.04 Å². The van der Waals surface area contributed by atoms with Gasteiger partial charge >= 0.3 is 6.03 Å². The monoisotopic (exact) mass is 352 g/mol. The number of nitrogens with zero attached hydrogens (tertiary/aromatic N) is 2. The molecule has 25 heavy (non-hydrogen) atoms. The molecule has 1 aliphatic carbocycles. The fourth-order valence-corrected chi connectivity index (χ4v) is 3.76. The smallest absolute Gasteiger partial charge is 0.321 e. The van der Waals surface area contributed by atoms with Gasteiger partial charge in [0.25, 0.3) is 0 Å². The highest BCUT2D eigenvalue weighted by atomic mass is 16.2. The number of hydrogen-bond acceptors (Lipinski definition) is 4. The Morgan fingerprint density at radius 3 is 2.28 bits per heavy atom. The standard InChI is InChI=1S/C18H32N4O3/c1-14(17(24)20-18(25)19-2)21-10-12-22(13-11-21)16(23)9-8-15-6-4-3-5-7-15/h14-15H,3-13H2,1-2H3,(H2,19,20,24,25)/t14-/m1/s1. The summed E-state index contributed by atoms with van der Waals surface area (Å²) in [6, 6.07) is -0.870. The number of amides is 4. The predicted molar refractivity (Wildman–Crippen MR) is 96.0 cm³/mol. The first-order chi connectivity index (χ1) is 12.0. The van der Waals surface area contributed by atoms with Crippen molar-refractivity contribution in [1.82, 2.24) is 20.4 Å². The maximum Gasteiger partial charge on any atom is 0.321 e. The van der Waals surface area contributed by atoms with Crippen LogP contribution in [0.2, 0.25) is 0 Å². The zero-order valence-corrected chi connectivity index (χ0v) is 15.6. The van der Waals surface area contributed by atoms with Crippen LogP contribution in [0, 0.1) is 5.92 Å². The third kappa shape index (κ3) is 5.99. The van der Waals surface area contributed by atoms with Crippen molar-refractivity contribution >= 4 is 17.8 Å². The van der Waals surface area contributed by atoms with Gasteiger partial charge in [-0.05, 0) is 19.3 Å². The molecule has 7 heteroatoms. The summed E-state index contributed by atoms with van der Waals surface area (Å²) in [6.07, 6.45) is 8.19. The molecule has 0 radical (unpaired) electrons. The number of carbonyl (C=O) groups is 3. The van der Waals surface area contributed by atoms with Crippen LogP contribution in [-0.4, -0.2) is 66.9 Å². The normalized spacial score (nSPS) is 20.8. The van der Waals surface area contributed by atoms with Crippen LogP contribution in [0.25, 0.3) is 0 Å². The Balaban J connectivity index is 1.70. The summed E-state index contributed by atoms with van der Waals surface area (Å²) in [5.41, 5.74) is 0. The van der Waals surface area contributed by atoms with Crippen LogP contribution in [0.4, 0.5) is 4.79 Å². The lowest BCUT2D eigenvalue weighted by Crippen LogP contribution is -2.56. The summed E-state index contributed by atoms with van der Waals surface area (Å²) in [5, 5.41) is 4.68. The summed E-state index contributed by atoms with van der Waals surface area (Å²) in [6.45, 7) is 4.43. The van der Waals surface area contributed by atoms with Crippen LogP contribution >= 0.6 is 0 Å². The molecule has 2 fully saturated rings. The second-order valence-electron chi connectivity index (χ2n) is 7.20. The summed E-state index contributed by atoms with van der Waals surface area (Å²) < 4.78 is 0. The minimum Gasteiger partial charge on any atom is -0.341 e. The number of imide groups is 1. The van der Waals surface area contributed by atoms with Crippen LogP contribution < -0.4 is 10.6 Å². The van der Waals surface area contributed by atoms with Crippen molar-refractivity contribution in [3.05, 3.63) is 0 Å². The Kier molecular flexibility index (Phi) is 7.68. The molecule has 0 bridgehead atoms. The van der Waals surface area contributed by atoms with Gasteiger partial charge in [-0.1, -0.05) is 32.1 Å². The Labute approximate surface area is 150 Å². The lowest BCUT2D eigenvalue weighted by molar-refractivity contribution is -0.134. The molecule has 142 valence electrons. The Bertz CT molecular complexity index is 469. The average Bonchev–Trinajstić information content (AvgIpc) is 2.66. The molecule has 2 rings (SSSR count). The topological polar surface area (TPSA) is 81.8 Å². The van der Waals surface area contributed by atoms with Crippen molar-refractivity contribution in [1.29, 1.82) is 0 Å². The summed E-state index contributed by atoms with van der Waals surface area (Å²) in [7, 11) is 1.48. The summed E-state index contributed by atoms with van der Waals surface area (Å²) in [5.74, 6) is 0.663. The molecule has 2 aliphatic rings.